The summed E-state index contributed by atoms with van der Waals surface area (Å²) < 4.78 is 10.9. The zero-order chi connectivity index (χ0) is 21.5. The van der Waals surface area contributed by atoms with Crippen molar-refractivity contribution in [2.45, 2.75) is 6.61 Å². The Morgan fingerprint density at radius 2 is 1.70 bits per heavy atom. The molecule has 4 N–H and O–H groups in total. The van der Waals surface area contributed by atoms with Gasteiger partial charge in [-0.1, -0.05) is 24.3 Å². The minimum atomic E-state index is -0.693. The van der Waals surface area contributed by atoms with E-state index in [9.17, 15) is 20.1 Å². The summed E-state index contributed by atoms with van der Waals surface area (Å²) in [5.74, 6) is -1.16. The minimum Gasteiger partial charge on any atom is -0.504 e. The fourth-order valence-electron chi connectivity index (χ4n) is 2.54. The first-order chi connectivity index (χ1) is 14.5. The lowest BCUT2D eigenvalue weighted by molar-refractivity contribution is 0.0954. The summed E-state index contributed by atoms with van der Waals surface area (Å²) in [6.45, 7) is 0.384. The Balaban J connectivity index is 1.59. The topological polar surface area (TPSA) is 121 Å². The molecule has 0 spiro atoms. The molecule has 3 aromatic rings. The Morgan fingerprint density at radius 3 is 2.37 bits per heavy atom. The molecule has 0 aliphatic carbocycles. The second kappa shape index (κ2) is 9.33. The third kappa shape index (κ3) is 5.20. The number of benzene rings is 3. The third-order valence-corrected chi connectivity index (χ3v) is 4.13. The summed E-state index contributed by atoms with van der Waals surface area (Å²) in [6, 6.07) is 16.7. The number of aromatic hydroxyl groups is 3. The van der Waals surface area contributed by atoms with Gasteiger partial charge in [-0.05, 0) is 47.5 Å². The summed E-state index contributed by atoms with van der Waals surface area (Å²) in [6.07, 6.45) is 1.43. The number of nitrogens with one attached hydrogen (secondary N) is 1. The monoisotopic (exact) mass is 408 g/mol. The highest BCUT2D eigenvalue weighted by atomic mass is 16.5. The van der Waals surface area contributed by atoms with Crippen molar-refractivity contribution < 1.29 is 29.6 Å². The molecule has 3 rings (SSSR count). The second-order valence-corrected chi connectivity index (χ2v) is 6.27. The largest absolute Gasteiger partial charge is 0.504 e. The number of carbonyl (C=O) groups excluding carboxylic acids is 1. The number of nitrogens with zero attached hydrogens (tertiary/aromatic N) is 1. The normalized spacial score (nSPS) is 10.7. The Morgan fingerprint density at radius 1 is 1.00 bits per heavy atom. The summed E-state index contributed by atoms with van der Waals surface area (Å²) in [7, 11) is 1.61. The molecule has 0 aliphatic heterocycles. The molecule has 0 saturated carbocycles. The van der Waals surface area contributed by atoms with Gasteiger partial charge in [-0.3, -0.25) is 4.79 Å². The first-order valence-electron chi connectivity index (χ1n) is 8.90. The molecule has 8 nitrogen and oxygen atoms in total. The highest BCUT2D eigenvalue weighted by Gasteiger charge is 2.12. The first kappa shape index (κ1) is 20.5. The van der Waals surface area contributed by atoms with E-state index in [4.69, 9.17) is 9.47 Å². The molecule has 3 aromatic carbocycles. The van der Waals surface area contributed by atoms with Gasteiger partial charge in [0.25, 0.3) is 5.91 Å². The molecule has 0 radical (unpaired) electrons. The molecular formula is C22H20N2O6. The van der Waals surface area contributed by atoms with Crippen molar-refractivity contribution >= 4 is 12.1 Å². The van der Waals surface area contributed by atoms with Crippen LogP contribution in [-0.4, -0.2) is 34.6 Å². The number of carbonyl (C=O) groups is 1. The van der Waals surface area contributed by atoms with Crippen LogP contribution in [0.15, 0.2) is 65.8 Å². The average molecular weight is 408 g/mol. The fraction of sp³-hybridized carbons (Fsp3) is 0.0909. The molecule has 0 fully saturated rings. The smallest absolute Gasteiger partial charge is 0.271 e. The van der Waals surface area contributed by atoms with Crippen LogP contribution in [-0.2, 0) is 6.61 Å². The summed E-state index contributed by atoms with van der Waals surface area (Å²) >= 11 is 0. The Labute approximate surface area is 172 Å². The van der Waals surface area contributed by atoms with Crippen LogP contribution in [0.25, 0.3) is 0 Å². The van der Waals surface area contributed by atoms with Crippen LogP contribution in [0.3, 0.4) is 0 Å². The molecule has 8 heteroatoms. The van der Waals surface area contributed by atoms with Crippen LogP contribution in [0.1, 0.15) is 21.5 Å². The minimum absolute atomic E-state index is 0.0588. The van der Waals surface area contributed by atoms with Gasteiger partial charge < -0.3 is 24.8 Å². The SMILES string of the molecule is COc1ccc(COc2cccc(/C=N/NC(=O)c3cc(O)c(O)c(O)c3)c2)cc1. The molecule has 0 atom stereocenters. The van der Waals surface area contributed by atoms with E-state index in [1.807, 2.05) is 24.3 Å². The number of ether oxygens (including phenoxy) is 2. The van der Waals surface area contributed by atoms with E-state index in [1.165, 1.54) is 6.21 Å². The quantitative estimate of drug-likeness (QED) is 0.271. The number of hydrogen-bond acceptors (Lipinski definition) is 7. The Kier molecular flexibility index (Phi) is 6.39. The molecule has 1 amide bonds. The maximum Gasteiger partial charge on any atom is 0.271 e. The van der Waals surface area contributed by atoms with Gasteiger partial charge in [0.1, 0.15) is 18.1 Å². The second-order valence-electron chi connectivity index (χ2n) is 6.27. The van der Waals surface area contributed by atoms with Crippen LogP contribution in [0.5, 0.6) is 28.7 Å². The van der Waals surface area contributed by atoms with Crippen molar-refractivity contribution in [3.63, 3.8) is 0 Å². The van der Waals surface area contributed by atoms with Gasteiger partial charge in [0.15, 0.2) is 17.2 Å². The molecule has 0 unspecified atom stereocenters. The lowest BCUT2D eigenvalue weighted by atomic mass is 10.2. The molecule has 30 heavy (non-hydrogen) atoms. The van der Waals surface area contributed by atoms with E-state index in [0.717, 1.165) is 23.4 Å². The van der Waals surface area contributed by atoms with Crippen LogP contribution in [0.2, 0.25) is 0 Å². The third-order valence-electron chi connectivity index (χ3n) is 4.13. The van der Waals surface area contributed by atoms with E-state index in [-0.39, 0.29) is 5.56 Å². The van der Waals surface area contributed by atoms with Crippen molar-refractivity contribution in [1.82, 2.24) is 5.43 Å². The van der Waals surface area contributed by atoms with Crippen molar-refractivity contribution in [2.75, 3.05) is 7.11 Å². The summed E-state index contributed by atoms with van der Waals surface area (Å²) in [4.78, 5) is 12.1. The summed E-state index contributed by atoms with van der Waals surface area (Å²) in [5.41, 5.74) is 3.91. The Bertz CT molecular complexity index is 1040. The van der Waals surface area contributed by atoms with Crippen molar-refractivity contribution in [1.29, 1.82) is 0 Å². The van der Waals surface area contributed by atoms with Crippen molar-refractivity contribution in [3.05, 3.63) is 77.4 Å². The standard InChI is InChI=1S/C22H20N2O6/c1-29-17-7-5-14(6-8-17)13-30-18-4-2-3-15(9-18)12-23-24-22(28)16-10-19(25)21(27)20(26)11-16/h2-12,25-27H,13H2,1H3,(H,24,28)/b23-12+. The number of hydrogen-bond donors (Lipinski definition) is 4. The van der Waals surface area contributed by atoms with Gasteiger partial charge in [0.05, 0.1) is 13.3 Å². The summed E-state index contributed by atoms with van der Waals surface area (Å²) in [5, 5.41) is 32.1. The Hall–Kier alpha value is -4.20. The number of hydrazone groups is 1. The number of phenolic OH excluding ortho intramolecular Hbond substituents is 3. The lowest BCUT2D eigenvalue weighted by Gasteiger charge is -2.08. The van der Waals surface area contributed by atoms with Crippen molar-refractivity contribution in [2.24, 2.45) is 5.10 Å². The predicted octanol–water partition coefficient (Wildman–Crippen LogP) is 3.15. The molecule has 0 aliphatic rings. The maximum absolute atomic E-state index is 12.1. The average Bonchev–Trinajstić information content (AvgIpc) is 2.76. The van der Waals surface area contributed by atoms with Gasteiger partial charge >= 0.3 is 0 Å². The molecule has 0 heterocycles. The zero-order valence-electron chi connectivity index (χ0n) is 16.1. The number of rotatable bonds is 7. The van der Waals surface area contributed by atoms with E-state index in [1.54, 1.807) is 31.4 Å². The molecule has 0 aromatic heterocycles. The van der Waals surface area contributed by atoms with Gasteiger partial charge in [0, 0.05) is 5.56 Å². The van der Waals surface area contributed by atoms with Gasteiger partial charge in [-0.2, -0.15) is 5.10 Å². The van der Waals surface area contributed by atoms with Crippen LogP contribution < -0.4 is 14.9 Å². The molecular weight excluding hydrogens is 388 g/mol. The number of methoxy groups -OCH3 is 1. The van der Waals surface area contributed by atoms with Crippen molar-refractivity contribution in [3.8, 4) is 28.7 Å². The molecule has 0 saturated heterocycles. The highest BCUT2D eigenvalue weighted by Crippen LogP contribution is 2.35. The zero-order valence-corrected chi connectivity index (χ0v) is 16.1. The first-order valence-corrected chi connectivity index (χ1v) is 8.90. The molecule has 0 bridgehead atoms. The fourth-order valence-corrected chi connectivity index (χ4v) is 2.54. The lowest BCUT2D eigenvalue weighted by Crippen LogP contribution is -2.17. The van der Waals surface area contributed by atoms with E-state index < -0.39 is 23.2 Å². The van der Waals surface area contributed by atoms with E-state index in [0.29, 0.717) is 17.9 Å². The van der Waals surface area contributed by atoms with E-state index >= 15 is 0 Å². The van der Waals surface area contributed by atoms with Crippen LogP contribution in [0, 0.1) is 0 Å². The predicted molar refractivity (Wildman–Crippen MR) is 110 cm³/mol. The van der Waals surface area contributed by atoms with Crippen LogP contribution in [0.4, 0.5) is 0 Å². The van der Waals surface area contributed by atoms with Gasteiger partial charge in [-0.25, -0.2) is 5.43 Å². The van der Waals surface area contributed by atoms with Gasteiger partial charge in [-0.15, -0.1) is 0 Å². The molecule has 154 valence electrons. The highest BCUT2D eigenvalue weighted by molar-refractivity contribution is 5.96. The maximum atomic E-state index is 12.1. The van der Waals surface area contributed by atoms with Crippen LogP contribution >= 0.6 is 0 Å². The number of amides is 1. The van der Waals surface area contributed by atoms with Gasteiger partial charge in [0.2, 0.25) is 0 Å². The van der Waals surface area contributed by atoms with E-state index in [2.05, 4.69) is 10.5 Å². The number of phenols is 3.